The van der Waals surface area contributed by atoms with Crippen LogP contribution in [0.1, 0.15) is 31.2 Å². The highest BCUT2D eigenvalue weighted by atomic mass is 19.1. The summed E-state index contributed by atoms with van der Waals surface area (Å²) >= 11 is 0. The molecule has 0 heterocycles. The van der Waals surface area contributed by atoms with Crippen molar-refractivity contribution in [1.82, 2.24) is 5.32 Å². The lowest BCUT2D eigenvalue weighted by Gasteiger charge is -2.26. The largest absolute Gasteiger partial charge is 0.481 e. The number of rotatable bonds is 5. The average Bonchev–Trinajstić information content (AvgIpc) is 2.41. The van der Waals surface area contributed by atoms with Crippen LogP contribution in [0.4, 0.5) is 4.39 Å². The Hall–Kier alpha value is -1.42. The number of hydrogen-bond donors (Lipinski definition) is 2. The van der Waals surface area contributed by atoms with Crippen molar-refractivity contribution in [2.45, 2.75) is 38.1 Å². The lowest BCUT2D eigenvalue weighted by molar-refractivity contribution is -0.142. The first-order valence-electron chi connectivity index (χ1n) is 6.86. The molecule has 1 aliphatic carbocycles. The first-order valence-corrected chi connectivity index (χ1v) is 6.86. The highest BCUT2D eigenvalue weighted by Crippen LogP contribution is 2.24. The Bertz CT molecular complexity index is 411. The minimum absolute atomic E-state index is 0.157. The van der Waals surface area contributed by atoms with Crippen molar-refractivity contribution in [3.05, 3.63) is 35.6 Å². The molecule has 0 aromatic heterocycles. The van der Waals surface area contributed by atoms with Crippen molar-refractivity contribution in [3.63, 3.8) is 0 Å². The van der Waals surface area contributed by atoms with E-state index in [1.807, 2.05) is 0 Å². The van der Waals surface area contributed by atoms with Crippen molar-refractivity contribution in [1.29, 1.82) is 0 Å². The summed E-state index contributed by atoms with van der Waals surface area (Å²) in [6, 6.07) is 6.99. The van der Waals surface area contributed by atoms with Crippen LogP contribution < -0.4 is 5.32 Å². The van der Waals surface area contributed by atoms with E-state index < -0.39 is 5.97 Å². The summed E-state index contributed by atoms with van der Waals surface area (Å²) in [5.74, 6) is -1.02. The minimum Gasteiger partial charge on any atom is -0.481 e. The topological polar surface area (TPSA) is 49.3 Å². The summed E-state index contributed by atoms with van der Waals surface area (Å²) < 4.78 is 12.7. The SMILES string of the molecule is O=C(O)C1CCC(NCCc2ccc(F)cc2)CC1. The highest BCUT2D eigenvalue weighted by molar-refractivity contribution is 5.70. The van der Waals surface area contributed by atoms with E-state index in [4.69, 9.17) is 5.11 Å². The molecular weight excluding hydrogens is 245 g/mol. The monoisotopic (exact) mass is 265 g/mol. The molecule has 4 heteroatoms. The number of halogens is 1. The van der Waals surface area contributed by atoms with E-state index in [0.717, 1.165) is 44.2 Å². The molecule has 0 atom stereocenters. The molecule has 1 aromatic rings. The average molecular weight is 265 g/mol. The van der Waals surface area contributed by atoms with Crippen LogP contribution in [0.15, 0.2) is 24.3 Å². The number of nitrogens with one attached hydrogen (secondary N) is 1. The number of carboxylic acids is 1. The van der Waals surface area contributed by atoms with Crippen molar-refractivity contribution in [2.24, 2.45) is 5.92 Å². The van der Waals surface area contributed by atoms with Gasteiger partial charge in [-0.05, 0) is 56.3 Å². The van der Waals surface area contributed by atoms with E-state index in [-0.39, 0.29) is 11.7 Å². The predicted molar refractivity (Wildman–Crippen MR) is 71.5 cm³/mol. The van der Waals surface area contributed by atoms with Gasteiger partial charge in [0.05, 0.1) is 5.92 Å². The molecule has 0 saturated heterocycles. The Balaban J connectivity index is 1.67. The van der Waals surface area contributed by atoms with Gasteiger partial charge >= 0.3 is 5.97 Å². The van der Waals surface area contributed by atoms with Gasteiger partial charge in [0.2, 0.25) is 0 Å². The van der Waals surface area contributed by atoms with Gasteiger partial charge in [-0.1, -0.05) is 12.1 Å². The van der Waals surface area contributed by atoms with Crippen molar-refractivity contribution in [2.75, 3.05) is 6.54 Å². The summed E-state index contributed by atoms with van der Waals surface area (Å²) in [5.41, 5.74) is 1.12. The van der Waals surface area contributed by atoms with Crippen molar-refractivity contribution in [3.8, 4) is 0 Å². The second kappa shape index (κ2) is 6.66. The maximum atomic E-state index is 12.7. The zero-order valence-corrected chi connectivity index (χ0v) is 10.9. The Morgan fingerprint density at radius 3 is 2.42 bits per heavy atom. The summed E-state index contributed by atoms with van der Waals surface area (Å²) in [6.45, 7) is 0.855. The first kappa shape index (κ1) is 14.0. The van der Waals surface area contributed by atoms with Gasteiger partial charge < -0.3 is 10.4 Å². The zero-order chi connectivity index (χ0) is 13.7. The van der Waals surface area contributed by atoms with Crippen LogP contribution in [0.5, 0.6) is 0 Å². The third-order valence-corrected chi connectivity index (χ3v) is 3.84. The molecule has 104 valence electrons. The molecule has 2 rings (SSSR count). The van der Waals surface area contributed by atoms with Crippen LogP contribution in [-0.4, -0.2) is 23.7 Å². The zero-order valence-electron chi connectivity index (χ0n) is 10.9. The number of carboxylic acid groups (broad SMARTS) is 1. The van der Waals surface area contributed by atoms with Crippen LogP contribution in [-0.2, 0) is 11.2 Å². The quantitative estimate of drug-likeness (QED) is 0.860. The van der Waals surface area contributed by atoms with Gasteiger partial charge in [-0.15, -0.1) is 0 Å². The van der Waals surface area contributed by atoms with Gasteiger partial charge in [-0.3, -0.25) is 4.79 Å². The minimum atomic E-state index is -0.662. The summed E-state index contributed by atoms with van der Waals surface area (Å²) in [5, 5.41) is 12.4. The lowest BCUT2D eigenvalue weighted by atomic mass is 9.86. The van der Waals surface area contributed by atoms with Crippen LogP contribution in [0.3, 0.4) is 0 Å². The van der Waals surface area contributed by atoms with E-state index in [1.54, 1.807) is 12.1 Å². The molecule has 3 nitrogen and oxygen atoms in total. The first-order chi connectivity index (χ1) is 9.15. The number of hydrogen-bond acceptors (Lipinski definition) is 2. The van der Waals surface area contributed by atoms with Crippen molar-refractivity contribution < 1.29 is 14.3 Å². The molecule has 0 amide bonds. The number of carbonyl (C=O) groups is 1. The Kier molecular flexibility index (Phi) is 4.91. The molecule has 1 aliphatic rings. The van der Waals surface area contributed by atoms with E-state index >= 15 is 0 Å². The molecule has 0 bridgehead atoms. The van der Waals surface area contributed by atoms with Gasteiger partial charge in [0.1, 0.15) is 5.82 Å². The van der Waals surface area contributed by atoms with Gasteiger partial charge in [-0.2, -0.15) is 0 Å². The summed E-state index contributed by atoms with van der Waals surface area (Å²) in [7, 11) is 0. The summed E-state index contributed by atoms with van der Waals surface area (Å²) in [4.78, 5) is 10.8. The van der Waals surface area contributed by atoms with E-state index in [2.05, 4.69) is 5.32 Å². The highest BCUT2D eigenvalue weighted by Gasteiger charge is 2.25. The van der Waals surface area contributed by atoms with Crippen molar-refractivity contribution >= 4 is 5.97 Å². The van der Waals surface area contributed by atoms with Crippen LogP contribution >= 0.6 is 0 Å². The van der Waals surface area contributed by atoms with Gasteiger partial charge in [0, 0.05) is 6.04 Å². The molecule has 0 spiro atoms. The van der Waals surface area contributed by atoms with E-state index in [1.165, 1.54) is 12.1 Å². The molecule has 2 N–H and O–H groups in total. The number of benzene rings is 1. The van der Waals surface area contributed by atoms with Crippen LogP contribution in [0.2, 0.25) is 0 Å². The lowest BCUT2D eigenvalue weighted by Crippen LogP contribution is -2.36. The summed E-state index contributed by atoms with van der Waals surface area (Å²) in [6.07, 6.45) is 4.27. The van der Waals surface area contributed by atoms with Gasteiger partial charge in [0.15, 0.2) is 0 Å². The predicted octanol–water partition coefficient (Wildman–Crippen LogP) is 2.60. The fourth-order valence-electron chi connectivity index (χ4n) is 2.62. The van der Waals surface area contributed by atoms with Crippen LogP contribution in [0, 0.1) is 11.7 Å². The fraction of sp³-hybridized carbons (Fsp3) is 0.533. The normalized spacial score (nSPS) is 23.2. The van der Waals surface area contributed by atoms with E-state index in [9.17, 15) is 9.18 Å². The van der Waals surface area contributed by atoms with Crippen LogP contribution in [0.25, 0.3) is 0 Å². The second-order valence-corrected chi connectivity index (χ2v) is 5.22. The molecule has 1 fully saturated rings. The maximum Gasteiger partial charge on any atom is 0.306 e. The Labute approximate surface area is 112 Å². The van der Waals surface area contributed by atoms with Gasteiger partial charge in [0.25, 0.3) is 0 Å². The fourth-order valence-corrected chi connectivity index (χ4v) is 2.62. The Morgan fingerprint density at radius 2 is 1.84 bits per heavy atom. The molecule has 0 aliphatic heterocycles. The maximum absolute atomic E-state index is 12.7. The van der Waals surface area contributed by atoms with E-state index in [0.29, 0.717) is 6.04 Å². The van der Waals surface area contributed by atoms with Gasteiger partial charge in [-0.25, -0.2) is 4.39 Å². The molecule has 1 saturated carbocycles. The molecule has 19 heavy (non-hydrogen) atoms. The smallest absolute Gasteiger partial charge is 0.306 e. The number of aliphatic carboxylic acids is 1. The molecular formula is C15H20FNO2. The molecule has 0 radical (unpaired) electrons. The second-order valence-electron chi connectivity index (χ2n) is 5.22. The third kappa shape index (κ3) is 4.31. The molecule has 1 aromatic carbocycles. The Morgan fingerprint density at radius 1 is 1.21 bits per heavy atom. The standard InChI is InChI=1S/C15H20FNO2/c16-13-5-1-11(2-6-13)9-10-17-14-7-3-12(4-8-14)15(18)19/h1-2,5-6,12,14,17H,3-4,7-10H2,(H,18,19). The third-order valence-electron chi connectivity index (χ3n) is 3.84. The molecule has 0 unspecified atom stereocenters.